The van der Waals surface area contributed by atoms with Crippen LogP contribution in [0.15, 0.2) is 16.9 Å². The molecule has 78 valence electrons. The highest BCUT2D eigenvalue weighted by Crippen LogP contribution is 2.00. The zero-order valence-corrected chi connectivity index (χ0v) is 8.30. The van der Waals surface area contributed by atoms with Crippen LogP contribution in [0.2, 0.25) is 0 Å². The van der Waals surface area contributed by atoms with Gasteiger partial charge in [0.25, 0.3) is 5.56 Å². The molecule has 1 unspecified atom stereocenters. The van der Waals surface area contributed by atoms with Crippen LogP contribution >= 0.6 is 0 Å². The first-order valence-corrected chi connectivity index (χ1v) is 4.47. The van der Waals surface area contributed by atoms with Gasteiger partial charge in [-0.25, -0.2) is 4.68 Å². The molecule has 0 aliphatic rings. The van der Waals surface area contributed by atoms with Crippen molar-refractivity contribution in [2.45, 2.75) is 26.0 Å². The van der Waals surface area contributed by atoms with Gasteiger partial charge in [0.1, 0.15) is 0 Å². The summed E-state index contributed by atoms with van der Waals surface area (Å²) in [4.78, 5) is 11.3. The van der Waals surface area contributed by atoms with E-state index >= 15 is 0 Å². The quantitative estimate of drug-likeness (QED) is 0.741. The lowest BCUT2D eigenvalue weighted by Gasteiger charge is -2.09. The molecule has 0 radical (unpaired) electrons. The molecule has 0 aliphatic heterocycles. The Hall–Kier alpha value is -1.36. The average Bonchev–Trinajstić information content (AvgIpc) is 2.21. The van der Waals surface area contributed by atoms with Crippen molar-refractivity contribution in [2.75, 3.05) is 7.11 Å². The number of aliphatic hydroxyl groups excluding tert-OH is 1. The highest BCUT2D eigenvalue weighted by Gasteiger charge is 2.05. The van der Waals surface area contributed by atoms with Crippen molar-refractivity contribution in [3.8, 4) is 5.88 Å². The van der Waals surface area contributed by atoms with E-state index in [1.54, 1.807) is 0 Å². The smallest absolute Gasteiger partial charge is 0.267 e. The minimum absolute atomic E-state index is 0.201. The van der Waals surface area contributed by atoms with Gasteiger partial charge in [0.15, 0.2) is 0 Å². The fourth-order valence-corrected chi connectivity index (χ4v) is 0.999. The Morgan fingerprint density at radius 1 is 1.64 bits per heavy atom. The van der Waals surface area contributed by atoms with Gasteiger partial charge in [0, 0.05) is 12.1 Å². The summed E-state index contributed by atoms with van der Waals surface area (Å²) < 4.78 is 6.07. The Bertz CT molecular complexity index is 348. The Morgan fingerprint density at radius 2 is 2.36 bits per heavy atom. The molecular weight excluding hydrogens is 184 g/mol. The molecule has 1 atom stereocenters. The summed E-state index contributed by atoms with van der Waals surface area (Å²) in [6.45, 7) is 2.04. The second-order valence-corrected chi connectivity index (χ2v) is 2.96. The molecule has 1 aromatic heterocycles. The number of aliphatic hydroxyl groups is 1. The fourth-order valence-electron chi connectivity index (χ4n) is 0.999. The van der Waals surface area contributed by atoms with Gasteiger partial charge in [-0.15, -0.1) is 5.10 Å². The van der Waals surface area contributed by atoms with E-state index < -0.39 is 6.10 Å². The van der Waals surface area contributed by atoms with Crippen molar-refractivity contribution in [2.24, 2.45) is 0 Å². The lowest BCUT2D eigenvalue weighted by molar-refractivity contribution is 0.142. The van der Waals surface area contributed by atoms with Gasteiger partial charge in [0.2, 0.25) is 5.88 Å². The predicted molar refractivity (Wildman–Crippen MR) is 51.3 cm³/mol. The summed E-state index contributed by atoms with van der Waals surface area (Å²) in [5.74, 6) is 0.368. The molecule has 0 aliphatic carbocycles. The topological polar surface area (TPSA) is 64.3 Å². The third-order valence-electron chi connectivity index (χ3n) is 1.91. The molecule has 1 rings (SSSR count). The molecule has 0 amide bonds. The van der Waals surface area contributed by atoms with Crippen molar-refractivity contribution >= 4 is 0 Å². The van der Waals surface area contributed by atoms with Gasteiger partial charge < -0.3 is 9.84 Å². The highest BCUT2D eigenvalue weighted by atomic mass is 16.5. The van der Waals surface area contributed by atoms with Crippen LogP contribution in [0.25, 0.3) is 0 Å². The van der Waals surface area contributed by atoms with Gasteiger partial charge >= 0.3 is 0 Å². The monoisotopic (exact) mass is 198 g/mol. The van der Waals surface area contributed by atoms with Gasteiger partial charge in [-0.2, -0.15) is 0 Å². The molecule has 1 aromatic rings. The summed E-state index contributed by atoms with van der Waals surface area (Å²) in [6, 6.07) is 2.87. The summed E-state index contributed by atoms with van der Waals surface area (Å²) >= 11 is 0. The van der Waals surface area contributed by atoms with E-state index in [-0.39, 0.29) is 12.1 Å². The van der Waals surface area contributed by atoms with Crippen LogP contribution in [-0.2, 0) is 6.54 Å². The predicted octanol–water partition coefficient (Wildman–Crippen LogP) is 0.0228. The largest absolute Gasteiger partial charge is 0.480 e. The Balaban J connectivity index is 2.89. The number of hydrogen-bond donors (Lipinski definition) is 1. The highest BCUT2D eigenvalue weighted by molar-refractivity contribution is 5.05. The van der Waals surface area contributed by atoms with Gasteiger partial charge in [-0.05, 0) is 6.42 Å². The SMILES string of the molecule is CCC(O)Cn1nc(OC)ccc1=O. The normalized spacial score (nSPS) is 12.5. The number of ether oxygens (including phenoxy) is 1. The zero-order chi connectivity index (χ0) is 10.6. The van der Waals surface area contributed by atoms with Crippen LogP contribution in [0.3, 0.4) is 0 Å². The van der Waals surface area contributed by atoms with Crippen molar-refractivity contribution in [1.29, 1.82) is 0 Å². The van der Waals surface area contributed by atoms with Gasteiger partial charge in [-0.1, -0.05) is 6.92 Å². The van der Waals surface area contributed by atoms with E-state index in [0.29, 0.717) is 12.3 Å². The molecule has 5 nitrogen and oxygen atoms in total. The summed E-state index contributed by atoms with van der Waals surface area (Å²) in [5.41, 5.74) is -0.238. The molecule has 14 heavy (non-hydrogen) atoms. The number of hydrogen-bond acceptors (Lipinski definition) is 4. The standard InChI is InChI=1S/C9H14N2O3/c1-3-7(12)6-11-9(13)5-4-8(10-11)14-2/h4-5,7,12H,3,6H2,1-2H3. The van der Waals surface area contributed by atoms with E-state index in [0.717, 1.165) is 0 Å². The first-order chi connectivity index (χ1) is 6.67. The van der Waals surface area contributed by atoms with Crippen LogP contribution in [-0.4, -0.2) is 28.1 Å². The van der Waals surface area contributed by atoms with E-state index in [1.807, 2.05) is 6.92 Å². The molecular formula is C9H14N2O3. The van der Waals surface area contributed by atoms with Crippen molar-refractivity contribution in [3.05, 3.63) is 22.5 Å². The number of methoxy groups -OCH3 is 1. The zero-order valence-electron chi connectivity index (χ0n) is 8.30. The molecule has 1 heterocycles. The Kier molecular flexibility index (Phi) is 3.64. The van der Waals surface area contributed by atoms with E-state index in [9.17, 15) is 9.90 Å². The van der Waals surface area contributed by atoms with Crippen LogP contribution in [0.4, 0.5) is 0 Å². The maximum Gasteiger partial charge on any atom is 0.267 e. The molecule has 0 fully saturated rings. The van der Waals surface area contributed by atoms with Gasteiger partial charge in [-0.3, -0.25) is 4.79 Å². The Labute approximate surface area is 81.9 Å². The summed E-state index contributed by atoms with van der Waals surface area (Å²) in [5, 5.41) is 13.3. The van der Waals surface area contributed by atoms with Crippen molar-refractivity contribution in [3.63, 3.8) is 0 Å². The second-order valence-electron chi connectivity index (χ2n) is 2.96. The molecule has 0 aromatic carbocycles. The molecule has 1 N–H and O–H groups in total. The van der Waals surface area contributed by atoms with Crippen molar-refractivity contribution < 1.29 is 9.84 Å². The average molecular weight is 198 g/mol. The molecule has 0 saturated carbocycles. The number of nitrogens with zero attached hydrogens (tertiary/aromatic N) is 2. The maximum atomic E-state index is 11.3. The lowest BCUT2D eigenvalue weighted by Crippen LogP contribution is -2.27. The molecule has 0 saturated heterocycles. The van der Waals surface area contributed by atoms with E-state index in [1.165, 1.54) is 23.9 Å². The number of rotatable bonds is 4. The van der Waals surface area contributed by atoms with Crippen LogP contribution in [0.5, 0.6) is 5.88 Å². The maximum absolute atomic E-state index is 11.3. The minimum atomic E-state index is -0.549. The molecule has 0 spiro atoms. The van der Waals surface area contributed by atoms with Crippen LogP contribution in [0, 0.1) is 0 Å². The minimum Gasteiger partial charge on any atom is -0.480 e. The Morgan fingerprint density at radius 3 is 2.93 bits per heavy atom. The first kappa shape index (κ1) is 10.7. The second kappa shape index (κ2) is 4.76. The van der Waals surface area contributed by atoms with Crippen LogP contribution in [0.1, 0.15) is 13.3 Å². The van der Waals surface area contributed by atoms with E-state index in [2.05, 4.69) is 5.10 Å². The summed E-state index contributed by atoms with van der Waals surface area (Å²) in [7, 11) is 1.48. The molecule has 0 bridgehead atoms. The first-order valence-electron chi connectivity index (χ1n) is 4.47. The van der Waals surface area contributed by atoms with Crippen molar-refractivity contribution in [1.82, 2.24) is 9.78 Å². The molecule has 5 heteroatoms. The third kappa shape index (κ3) is 2.56. The fraction of sp³-hybridized carbons (Fsp3) is 0.556. The summed E-state index contributed by atoms with van der Waals surface area (Å²) in [6.07, 6.45) is 0.0398. The third-order valence-corrected chi connectivity index (χ3v) is 1.91. The van der Waals surface area contributed by atoms with E-state index in [4.69, 9.17) is 4.74 Å². The van der Waals surface area contributed by atoms with Crippen LogP contribution < -0.4 is 10.3 Å². The number of aromatic nitrogens is 2. The van der Waals surface area contributed by atoms with Gasteiger partial charge in [0.05, 0.1) is 19.8 Å². The lowest BCUT2D eigenvalue weighted by atomic mass is 10.3.